The summed E-state index contributed by atoms with van der Waals surface area (Å²) in [6.07, 6.45) is 2.11. The summed E-state index contributed by atoms with van der Waals surface area (Å²) in [5.41, 5.74) is -0.409. The summed E-state index contributed by atoms with van der Waals surface area (Å²) in [6, 6.07) is 0. The van der Waals surface area contributed by atoms with Crippen LogP contribution < -0.4 is 5.32 Å². The van der Waals surface area contributed by atoms with Crippen molar-refractivity contribution in [3.63, 3.8) is 0 Å². The van der Waals surface area contributed by atoms with E-state index >= 15 is 0 Å². The average Bonchev–Trinajstić information content (AvgIpc) is 2.47. The lowest BCUT2D eigenvalue weighted by Gasteiger charge is -2.25. The van der Waals surface area contributed by atoms with Crippen LogP contribution in [-0.4, -0.2) is 28.7 Å². The van der Waals surface area contributed by atoms with Gasteiger partial charge < -0.3 is 10.1 Å². The summed E-state index contributed by atoms with van der Waals surface area (Å²) in [5.74, 6) is 1.20. The second-order valence-corrected chi connectivity index (χ2v) is 6.94. The van der Waals surface area contributed by atoms with E-state index < -0.39 is 5.60 Å². The molecule has 0 aromatic rings. The number of alkyl carbamates (subject to hydrolysis) is 1. The average molecular weight is 231 g/mol. The summed E-state index contributed by atoms with van der Waals surface area (Å²) in [4.78, 5) is 11.4. The smallest absolute Gasteiger partial charge is 0.407 e. The van der Waals surface area contributed by atoms with Gasteiger partial charge in [-0.25, -0.2) is 4.79 Å². The molecule has 4 heteroatoms. The maximum atomic E-state index is 11.4. The zero-order chi connectivity index (χ0) is 11.5. The molecule has 1 fully saturated rings. The Hall–Kier alpha value is -0.380. The first-order valence-corrected chi connectivity index (χ1v) is 6.40. The first kappa shape index (κ1) is 12.7. The summed E-state index contributed by atoms with van der Waals surface area (Å²) in [7, 11) is 0. The van der Waals surface area contributed by atoms with Crippen LogP contribution in [0.4, 0.5) is 4.79 Å². The van der Waals surface area contributed by atoms with E-state index in [1.54, 1.807) is 0 Å². The molecule has 0 aromatic heterocycles. The highest BCUT2D eigenvalue weighted by molar-refractivity contribution is 8.00. The molecule has 0 aromatic carbocycles. The molecule has 1 saturated heterocycles. The summed E-state index contributed by atoms with van der Waals surface area (Å²) >= 11 is 1.93. The van der Waals surface area contributed by atoms with Gasteiger partial charge >= 0.3 is 6.09 Å². The van der Waals surface area contributed by atoms with Gasteiger partial charge in [0.15, 0.2) is 0 Å². The Morgan fingerprint density at radius 3 is 2.67 bits per heavy atom. The Kier molecular flexibility index (Phi) is 3.93. The topological polar surface area (TPSA) is 38.3 Å². The van der Waals surface area contributed by atoms with Gasteiger partial charge in [0.2, 0.25) is 0 Å². The van der Waals surface area contributed by atoms with Gasteiger partial charge in [0, 0.05) is 11.3 Å². The molecule has 1 unspecified atom stereocenters. The standard InChI is InChI=1S/C11H21NO2S/c1-10(2,3)14-9(13)12-8-11(4)6-5-7-15-11/h5-8H2,1-4H3,(H,12,13). The molecule has 1 amide bonds. The number of nitrogens with one attached hydrogen (secondary N) is 1. The van der Waals surface area contributed by atoms with Crippen molar-refractivity contribution in [1.29, 1.82) is 0 Å². The molecule has 1 N–H and O–H groups in total. The predicted octanol–water partition coefficient (Wildman–Crippen LogP) is 2.80. The molecule has 1 heterocycles. The third-order valence-corrected chi connectivity index (χ3v) is 3.84. The van der Waals surface area contributed by atoms with Crippen LogP contribution in [0.25, 0.3) is 0 Å². The van der Waals surface area contributed by atoms with Gasteiger partial charge in [-0.3, -0.25) is 0 Å². The number of carbonyl (C=O) groups is 1. The molecular weight excluding hydrogens is 210 g/mol. The largest absolute Gasteiger partial charge is 0.444 e. The molecule has 1 rings (SSSR count). The fourth-order valence-electron chi connectivity index (χ4n) is 1.55. The molecule has 1 aliphatic rings. The molecule has 0 spiro atoms. The highest BCUT2D eigenvalue weighted by atomic mass is 32.2. The van der Waals surface area contributed by atoms with E-state index in [1.807, 2.05) is 32.5 Å². The van der Waals surface area contributed by atoms with Crippen LogP contribution in [0.3, 0.4) is 0 Å². The van der Waals surface area contributed by atoms with Crippen molar-refractivity contribution in [1.82, 2.24) is 5.32 Å². The molecule has 0 saturated carbocycles. The highest BCUT2D eigenvalue weighted by Crippen LogP contribution is 2.36. The van der Waals surface area contributed by atoms with Crippen molar-refractivity contribution in [2.45, 2.75) is 50.9 Å². The van der Waals surface area contributed by atoms with Gasteiger partial charge in [-0.2, -0.15) is 11.8 Å². The second-order valence-electron chi connectivity index (χ2n) is 5.26. The van der Waals surface area contributed by atoms with Gasteiger partial charge in [-0.1, -0.05) is 0 Å². The minimum atomic E-state index is -0.409. The number of hydrogen-bond acceptors (Lipinski definition) is 3. The number of rotatable bonds is 2. The lowest BCUT2D eigenvalue weighted by molar-refractivity contribution is 0.0523. The number of hydrogen-bond donors (Lipinski definition) is 1. The Morgan fingerprint density at radius 1 is 1.53 bits per heavy atom. The Morgan fingerprint density at radius 2 is 2.20 bits per heavy atom. The van der Waals surface area contributed by atoms with Crippen LogP contribution in [0, 0.1) is 0 Å². The fourth-order valence-corrected chi connectivity index (χ4v) is 2.79. The van der Waals surface area contributed by atoms with E-state index in [1.165, 1.54) is 18.6 Å². The lowest BCUT2D eigenvalue weighted by Crippen LogP contribution is -2.39. The van der Waals surface area contributed by atoms with E-state index in [2.05, 4.69) is 12.2 Å². The number of ether oxygens (including phenoxy) is 1. The van der Waals surface area contributed by atoms with Gasteiger partial charge in [0.05, 0.1) is 0 Å². The second kappa shape index (κ2) is 4.64. The van der Waals surface area contributed by atoms with E-state index in [0.29, 0.717) is 6.54 Å². The van der Waals surface area contributed by atoms with E-state index in [-0.39, 0.29) is 10.8 Å². The van der Waals surface area contributed by atoms with Crippen molar-refractivity contribution in [3.8, 4) is 0 Å². The summed E-state index contributed by atoms with van der Waals surface area (Å²) in [5, 5.41) is 2.84. The third kappa shape index (κ3) is 4.78. The number of thioether (sulfide) groups is 1. The minimum absolute atomic E-state index is 0.205. The Balaban J connectivity index is 2.28. The minimum Gasteiger partial charge on any atom is -0.444 e. The third-order valence-electron chi connectivity index (χ3n) is 2.31. The quantitative estimate of drug-likeness (QED) is 0.794. The van der Waals surface area contributed by atoms with Crippen LogP contribution in [0.2, 0.25) is 0 Å². The van der Waals surface area contributed by atoms with E-state index in [0.717, 1.165) is 0 Å². The number of amides is 1. The van der Waals surface area contributed by atoms with Crippen molar-refractivity contribution in [3.05, 3.63) is 0 Å². The Labute approximate surface area is 96.3 Å². The van der Waals surface area contributed by atoms with Gasteiger partial charge in [-0.05, 0) is 46.3 Å². The van der Waals surface area contributed by atoms with Crippen molar-refractivity contribution >= 4 is 17.9 Å². The first-order valence-electron chi connectivity index (χ1n) is 5.42. The normalized spacial score (nSPS) is 26.4. The van der Waals surface area contributed by atoms with Crippen LogP contribution in [0.1, 0.15) is 40.5 Å². The van der Waals surface area contributed by atoms with Crippen LogP contribution in [-0.2, 0) is 4.74 Å². The summed E-state index contributed by atoms with van der Waals surface area (Å²) < 4.78 is 5.39. The highest BCUT2D eigenvalue weighted by Gasteiger charge is 2.30. The maximum absolute atomic E-state index is 11.4. The summed E-state index contributed by atoms with van der Waals surface area (Å²) in [6.45, 7) is 8.52. The van der Waals surface area contributed by atoms with Gasteiger partial charge in [-0.15, -0.1) is 0 Å². The molecule has 0 radical (unpaired) electrons. The van der Waals surface area contributed by atoms with Crippen LogP contribution in [0.5, 0.6) is 0 Å². The van der Waals surface area contributed by atoms with Crippen LogP contribution >= 0.6 is 11.8 Å². The van der Waals surface area contributed by atoms with Crippen molar-refractivity contribution in [2.75, 3.05) is 12.3 Å². The Bertz CT molecular complexity index is 229. The molecule has 1 atom stereocenters. The zero-order valence-corrected chi connectivity index (χ0v) is 10.9. The van der Waals surface area contributed by atoms with Crippen molar-refractivity contribution < 1.29 is 9.53 Å². The lowest BCUT2D eigenvalue weighted by atomic mass is 10.1. The molecule has 1 aliphatic heterocycles. The van der Waals surface area contributed by atoms with Crippen LogP contribution in [0.15, 0.2) is 0 Å². The predicted molar refractivity (Wildman–Crippen MR) is 64.3 cm³/mol. The van der Waals surface area contributed by atoms with E-state index in [9.17, 15) is 4.79 Å². The molecular formula is C11H21NO2S. The van der Waals surface area contributed by atoms with E-state index in [4.69, 9.17) is 4.74 Å². The maximum Gasteiger partial charge on any atom is 0.407 e. The number of carbonyl (C=O) groups excluding carboxylic acids is 1. The van der Waals surface area contributed by atoms with Gasteiger partial charge in [0.1, 0.15) is 5.60 Å². The molecule has 88 valence electrons. The molecule has 0 aliphatic carbocycles. The molecule has 3 nitrogen and oxygen atoms in total. The fraction of sp³-hybridized carbons (Fsp3) is 0.909. The monoisotopic (exact) mass is 231 g/mol. The van der Waals surface area contributed by atoms with Gasteiger partial charge in [0.25, 0.3) is 0 Å². The zero-order valence-electron chi connectivity index (χ0n) is 10.1. The van der Waals surface area contributed by atoms with Crippen molar-refractivity contribution in [2.24, 2.45) is 0 Å². The molecule has 0 bridgehead atoms. The molecule has 15 heavy (non-hydrogen) atoms. The SMILES string of the molecule is CC(C)(C)OC(=O)NCC1(C)CCCS1. The first-order chi connectivity index (χ1) is 6.81.